The summed E-state index contributed by atoms with van der Waals surface area (Å²) in [5.74, 6) is 5.65. The molecule has 0 fully saturated rings. The van der Waals surface area contributed by atoms with Crippen LogP contribution in [0.15, 0.2) is 18.2 Å². The lowest BCUT2D eigenvalue weighted by molar-refractivity contribution is 0.122. The minimum atomic E-state index is -1.13. The van der Waals surface area contributed by atoms with E-state index in [2.05, 4.69) is 75.2 Å². The Morgan fingerprint density at radius 2 is 1.70 bits per heavy atom. The minimum absolute atomic E-state index is 0.0558. The van der Waals surface area contributed by atoms with Crippen LogP contribution in [0, 0.1) is 18.8 Å². The third-order valence-corrected chi connectivity index (χ3v) is 2.58. The summed E-state index contributed by atoms with van der Waals surface area (Å²) in [5.41, 5.74) is 1.68. The number of halogens is 2. The summed E-state index contributed by atoms with van der Waals surface area (Å²) in [7, 11) is 0. The van der Waals surface area contributed by atoms with Crippen molar-refractivity contribution in [2.45, 2.75) is 52.7 Å². The minimum Gasteiger partial charge on any atom is -0.380 e. The first-order valence-corrected chi connectivity index (χ1v) is 12.6. The molecule has 0 heterocycles. The molecule has 112 valence electrons. The van der Waals surface area contributed by atoms with E-state index in [1.54, 1.807) is 13.8 Å². The second-order valence-electron chi connectivity index (χ2n) is 5.87. The van der Waals surface area contributed by atoms with E-state index >= 15 is 0 Å². The van der Waals surface area contributed by atoms with Gasteiger partial charge in [-0.15, -0.1) is 5.92 Å². The van der Waals surface area contributed by atoms with Crippen LogP contribution < -0.4 is 5.32 Å². The highest BCUT2D eigenvalue weighted by Crippen LogP contribution is 2.30. The summed E-state index contributed by atoms with van der Waals surface area (Å²) in [6, 6.07) is 6.02. The maximum atomic E-state index is 10.5. The molecule has 0 saturated carbocycles. The molecule has 0 aliphatic carbocycles. The molecule has 1 aromatic carbocycles. The van der Waals surface area contributed by atoms with E-state index in [4.69, 9.17) is 0 Å². The zero-order valence-electron chi connectivity index (χ0n) is 12.9. The number of nitrogens with one attached hydrogen (secondary N) is 1. The van der Waals surface area contributed by atoms with Crippen LogP contribution in [0.3, 0.4) is 0 Å². The monoisotopic (exact) mass is 499 g/mol. The number of aryl methyl sites for hydroxylation is 1. The molecule has 0 amide bonds. The Labute approximate surface area is 146 Å². The fourth-order valence-electron chi connectivity index (χ4n) is 1.88. The quantitative estimate of drug-likeness (QED) is 0.433. The third-order valence-electron chi connectivity index (χ3n) is 2.58. The Bertz CT molecular complexity index is 493. The molecule has 2 N–H and O–H groups in total. The van der Waals surface area contributed by atoms with Gasteiger partial charge < -0.3 is 10.4 Å². The van der Waals surface area contributed by atoms with Gasteiger partial charge in [0.1, 0.15) is 5.60 Å². The van der Waals surface area contributed by atoms with Crippen molar-refractivity contribution in [1.29, 1.82) is 0 Å². The summed E-state index contributed by atoms with van der Waals surface area (Å²) in [6.07, 6.45) is 0. The molecular formula is C16H23I2NO. The van der Waals surface area contributed by atoms with Crippen LogP contribution in [0.1, 0.15) is 45.7 Å². The molecule has 1 unspecified atom stereocenters. The van der Waals surface area contributed by atoms with E-state index in [0.717, 1.165) is 16.8 Å². The lowest BCUT2D eigenvalue weighted by atomic mass is 9.92. The van der Waals surface area contributed by atoms with Crippen molar-refractivity contribution in [2.24, 2.45) is 0 Å². The van der Waals surface area contributed by atoms with Gasteiger partial charge in [-0.3, -0.25) is 0 Å². The second kappa shape index (κ2) is 8.44. The highest BCUT2D eigenvalue weighted by molar-refractivity contribution is 15.0. The first-order valence-electron chi connectivity index (χ1n) is 6.35. The van der Waals surface area contributed by atoms with Gasteiger partial charge >= 0.3 is 0 Å². The van der Waals surface area contributed by atoms with Crippen LogP contribution in [0.25, 0.3) is 0 Å². The van der Waals surface area contributed by atoms with Crippen LogP contribution in [0.5, 0.6) is 0 Å². The van der Waals surface area contributed by atoms with Crippen LogP contribution in [0.4, 0.5) is 5.69 Å². The van der Waals surface area contributed by atoms with Gasteiger partial charge in [0.2, 0.25) is 0 Å². The SMILES string of the molecule is CC#CC(C)(O)c1cc(C)ccc1NC(C)(C)C.II. The zero-order chi connectivity index (χ0) is 16.0. The standard InChI is InChI=1S/C16H23NO.I2/c1-7-10-16(6,18)13-11-12(2)8-9-14(13)17-15(3,4)5;1-2/h8-9,11,17-18H,1-6H3;. The highest BCUT2D eigenvalue weighted by Gasteiger charge is 2.25. The van der Waals surface area contributed by atoms with Crippen molar-refractivity contribution in [2.75, 3.05) is 5.32 Å². The maximum absolute atomic E-state index is 10.5. The molecule has 0 bridgehead atoms. The summed E-state index contributed by atoms with van der Waals surface area (Å²) < 4.78 is 0. The highest BCUT2D eigenvalue weighted by atomic mass is 128. The smallest absolute Gasteiger partial charge is 0.150 e. The molecule has 0 saturated heterocycles. The third kappa shape index (κ3) is 6.64. The van der Waals surface area contributed by atoms with Crippen molar-refractivity contribution in [3.8, 4) is 11.8 Å². The Morgan fingerprint density at radius 3 is 2.15 bits per heavy atom. The lowest BCUT2D eigenvalue weighted by Gasteiger charge is -2.28. The van der Waals surface area contributed by atoms with E-state index in [1.807, 2.05) is 25.1 Å². The average molecular weight is 499 g/mol. The van der Waals surface area contributed by atoms with E-state index in [0.29, 0.717) is 0 Å². The van der Waals surface area contributed by atoms with Crippen LogP contribution >= 0.6 is 37.2 Å². The number of hydrogen-bond donors (Lipinski definition) is 2. The summed E-state index contributed by atoms with van der Waals surface area (Å²) in [4.78, 5) is 0. The second-order valence-corrected chi connectivity index (χ2v) is 5.87. The number of benzene rings is 1. The molecule has 0 aromatic heterocycles. The normalized spacial score (nSPS) is 13.2. The molecule has 0 aliphatic heterocycles. The van der Waals surface area contributed by atoms with E-state index in [1.165, 1.54) is 0 Å². The van der Waals surface area contributed by atoms with Crippen LogP contribution in [-0.4, -0.2) is 10.6 Å². The van der Waals surface area contributed by atoms with E-state index in [9.17, 15) is 5.11 Å². The molecule has 0 spiro atoms. The molecule has 20 heavy (non-hydrogen) atoms. The molecule has 1 rings (SSSR count). The van der Waals surface area contributed by atoms with E-state index in [-0.39, 0.29) is 5.54 Å². The molecular weight excluding hydrogens is 476 g/mol. The molecule has 0 radical (unpaired) electrons. The van der Waals surface area contributed by atoms with Gasteiger partial charge in [-0.05, 0) is 47.6 Å². The summed E-state index contributed by atoms with van der Waals surface area (Å²) in [5, 5.41) is 13.9. The Hall–Kier alpha value is 0.000000000000000222. The zero-order valence-corrected chi connectivity index (χ0v) is 17.3. The van der Waals surface area contributed by atoms with Gasteiger partial charge in [-0.1, -0.05) is 23.6 Å². The van der Waals surface area contributed by atoms with Crippen molar-refractivity contribution in [3.05, 3.63) is 29.3 Å². The predicted octanol–water partition coefficient (Wildman–Crippen LogP) is 5.21. The largest absolute Gasteiger partial charge is 0.380 e. The number of anilines is 1. The van der Waals surface area contributed by atoms with Crippen molar-refractivity contribution < 1.29 is 5.11 Å². The van der Waals surface area contributed by atoms with Crippen LogP contribution in [-0.2, 0) is 5.60 Å². The Kier molecular flexibility index (Phi) is 8.44. The van der Waals surface area contributed by atoms with Crippen molar-refractivity contribution >= 4 is 42.9 Å². The van der Waals surface area contributed by atoms with E-state index < -0.39 is 5.60 Å². The van der Waals surface area contributed by atoms with Gasteiger partial charge in [-0.2, -0.15) is 0 Å². The molecule has 2 nitrogen and oxygen atoms in total. The summed E-state index contributed by atoms with van der Waals surface area (Å²) in [6.45, 7) is 11.8. The van der Waals surface area contributed by atoms with Gasteiger partial charge in [0.25, 0.3) is 0 Å². The topological polar surface area (TPSA) is 32.3 Å². The molecule has 4 heteroatoms. The van der Waals surface area contributed by atoms with Gasteiger partial charge in [0.05, 0.1) is 0 Å². The Morgan fingerprint density at radius 1 is 1.15 bits per heavy atom. The fraction of sp³-hybridized carbons (Fsp3) is 0.500. The summed E-state index contributed by atoms with van der Waals surface area (Å²) >= 11 is 4.24. The van der Waals surface area contributed by atoms with Gasteiger partial charge in [-0.25, -0.2) is 0 Å². The van der Waals surface area contributed by atoms with Gasteiger partial charge in [0.15, 0.2) is 0 Å². The number of aliphatic hydroxyl groups is 1. The van der Waals surface area contributed by atoms with Crippen molar-refractivity contribution in [1.82, 2.24) is 0 Å². The number of rotatable bonds is 2. The first-order chi connectivity index (χ1) is 9.15. The number of hydrogen-bond acceptors (Lipinski definition) is 2. The van der Waals surface area contributed by atoms with Gasteiger partial charge in [0, 0.05) is 54.0 Å². The first kappa shape index (κ1) is 20.0. The van der Waals surface area contributed by atoms with Crippen LogP contribution in [0.2, 0.25) is 0 Å². The van der Waals surface area contributed by atoms with Crippen molar-refractivity contribution in [3.63, 3.8) is 0 Å². The molecule has 0 aliphatic rings. The maximum Gasteiger partial charge on any atom is 0.150 e. The molecule has 1 atom stereocenters. The fourth-order valence-corrected chi connectivity index (χ4v) is 1.88. The lowest BCUT2D eigenvalue weighted by Crippen LogP contribution is -2.29. The molecule has 1 aromatic rings. The Balaban J connectivity index is 0.00000172. The average Bonchev–Trinajstić information content (AvgIpc) is 2.32. The predicted molar refractivity (Wildman–Crippen MR) is 106 cm³/mol.